The summed E-state index contributed by atoms with van der Waals surface area (Å²) >= 11 is 0. The van der Waals surface area contributed by atoms with E-state index in [1.54, 1.807) is 0 Å². The van der Waals surface area contributed by atoms with Crippen molar-refractivity contribution < 1.29 is 4.39 Å². The lowest BCUT2D eigenvalue weighted by Gasteiger charge is -2.37. The first-order valence-corrected chi connectivity index (χ1v) is 9.52. The monoisotopic (exact) mass is 355 g/mol. The third-order valence-corrected chi connectivity index (χ3v) is 5.36. The fraction of sp³-hybridized carbons (Fsp3) is 0.500. The summed E-state index contributed by atoms with van der Waals surface area (Å²) in [6.45, 7) is 7.99. The summed E-state index contributed by atoms with van der Waals surface area (Å²) in [5, 5.41) is 0. The summed E-state index contributed by atoms with van der Waals surface area (Å²) in [5.74, 6) is 2.40. The number of hydrogen-bond donors (Lipinski definition) is 0. The van der Waals surface area contributed by atoms with Gasteiger partial charge in [-0.05, 0) is 49.1 Å². The minimum atomic E-state index is -0.190. The van der Waals surface area contributed by atoms with Crippen LogP contribution in [0.4, 0.5) is 21.8 Å². The van der Waals surface area contributed by atoms with Gasteiger partial charge in [0, 0.05) is 51.2 Å². The van der Waals surface area contributed by atoms with Gasteiger partial charge in [0.25, 0.3) is 0 Å². The van der Waals surface area contributed by atoms with Crippen molar-refractivity contribution in [3.8, 4) is 0 Å². The van der Waals surface area contributed by atoms with Crippen LogP contribution in [-0.2, 0) is 0 Å². The molecule has 2 aliphatic heterocycles. The number of benzene rings is 1. The molecule has 2 aliphatic rings. The highest BCUT2D eigenvalue weighted by Crippen LogP contribution is 2.23. The molecule has 1 aromatic carbocycles. The van der Waals surface area contributed by atoms with Crippen LogP contribution in [-0.4, -0.2) is 49.2 Å². The maximum atomic E-state index is 13.1. The molecule has 2 aromatic rings. The third-order valence-electron chi connectivity index (χ3n) is 5.36. The lowest BCUT2D eigenvalue weighted by Crippen LogP contribution is -2.47. The smallest absolute Gasteiger partial charge is 0.227 e. The fourth-order valence-corrected chi connectivity index (χ4v) is 3.88. The van der Waals surface area contributed by atoms with Gasteiger partial charge in [0.1, 0.15) is 11.6 Å². The molecule has 0 saturated carbocycles. The first-order chi connectivity index (χ1) is 12.7. The van der Waals surface area contributed by atoms with E-state index in [4.69, 9.17) is 4.98 Å². The molecule has 0 radical (unpaired) electrons. The number of nitrogens with zero attached hydrogens (tertiary/aromatic N) is 5. The van der Waals surface area contributed by atoms with Gasteiger partial charge in [0.15, 0.2) is 0 Å². The molecule has 2 fully saturated rings. The van der Waals surface area contributed by atoms with Gasteiger partial charge in [-0.1, -0.05) is 6.92 Å². The zero-order valence-electron chi connectivity index (χ0n) is 15.3. The molecule has 0 N–H and O–H groups in total. The minimum absolute atomic E-state index is 0.190. The minimum Gasteiger partial charge on any atom is -0.368 e. The second-order valence-corrected chi connectivity index (χ2v) is 7.36. The van der Waals surface area contributed by atoms with Crippen LogP contribution in [0.3, 0.4) is 0 Å². The molecular weight excluding hydrogens is 329 g/mol. The topological polar surface area (TPSA) is 35.5 Å². The summed E-state index contributed by atoms with van der Waals surface area (Å²) in [7, 11) is 0. The van der Waals surface area contributed by atoms with Crippen molar-refractivity contribution in [1.82, 2.24) is 9.97 Å². The van der Waals surface area contributed by atoms with E-state index in [0.717, 1.165) is 62.6 Å². The zero-order valence-corrected chi connectivity index (χ0v) is 15.3. The van der Waals surface area contributed by atoms with Gasteiger partial charge in [-0.25, -0.2) is 9.37 Å². The molecule has 0 aliphatic carbocycles. The molecule has 4 rings (SSSR count). The van der Waals surface area contributed by atoms with E-state index < -0.39 is 0 Å². The highest BCUT2D eigenvalue weighted by molar-refractivity contribution is 5.49. The first kappa shape index (κ1) is 17.1. The predicted molar refractivity (Wildman–Crippen MR) is 103 cm³/mol. The molecule has 1 unspecified atom stereocenters. The van der Waals surface area contributed by atoms with E-state index in [1.807, 2.05) is 24.4 Å². The number of anilines is 3. The summed E-state index contributed by atoms with van der Waals surface area (Å²) in [5.41, 5.74) is 1.07. The Bertz CT molecular complexity index is 727. The predicted octanol–water partition coefficient (Wildman–Crippen LogP) is 3.18. The van der Waals surface area contributed by atoms with Crippen molar-refractivity contribution in [3.63, 3.8) is 0 Å². The van der Waals surface area contributed by atoms with Crippen LogP contribution < -0.4 is 14.7 Å². The van der Waals surface area contributed by atoms with Gasteiger partial charge in [-0.2, -0.15) is 4.98 Å². The number of hydrogen-bond acceptors (Lipinski definition) is 5. The van der Waals surface area contributed by atoms with Gasteiger partial charge < -0.3 is 14.7 Å². The van der Waals surface area contributed by atoms with Crippen molar-refractivity contribution in [2.45, 2.75) is 19.8 Å². The highest BCUT2D eigenvalue weighted by atomic mass is 19.1. The number of piperazine rings is 1. The van der Waals surface area contributed by atoms with Crippen LogP contribution in [0.2, 0.25) is 0 Å². The Kier molecular flexibility index (Phi) is 4.91. The molecule has 6 heteroatoms. The van der Waals surface area contributed by atoms with Gasteiger partial charge >= 0.3 is 0 Å². The molecule has 1 aromatic heterocycles. The van der Waals surface area contributed by atoms with Crippen molar-refractivity contribution >= 4 is 17.5 Å². The molecular formula is C20H26FN5. The van der Waals surface area contributed by atoms with Crippen molar-refractivity contribution in [2.75, 3.05) is 54.0 Å². The van der Waals surface area contributed by atoms with E-state index in [0.29, 0.717) is 0 Å². The lowest BCUT2D eigenvalue weighted by molar-refractivity contribution is 0.444. The maximum Gasteiger partial charge on any atom is 0.227 e. The van der Waals surface area contributed by atoms with Crippen molar-refractivity contribution in [2.24, 2.45) is 5.92 Å². The Morgan fingerprint density at radius 3 is 2.38 bits per heavy atom. The van der Waals surface area contributed by atoms with Crippen LogP contribution in [0.15, 0.2) is 36.5 Å². The Hall–Kier alpha value is -2.37. The average molecular weight is 355 g/mol. The molecule has 26 heavy (non-hydrogen) atoms. The molecule has 2 saturated heterocycles. The first-order valence-electron chi connectivity index (χ1n) is 9.52. The van der Waals surface area contributed by atoms with Gasteiger partial charge in [0.2, 0.25) is 5.95 Å². The van der Waals surface area contributed by atoms with Crippen LogP contribution in [0, 0.1) is 11.7 Å². The zero-order chi connectivity index (χ0) is 17.9. The molecule has 5 nitrogen and oxygen atoms in total. The van der Waals surface area contributed by atoms with Gasteiger partial charge in [-0.15, -0.1) is 0 Å². The molecule has 3 heterocycles. The van der Waals surface area contributed by atoms with Crippen molar-refractivity contribution in [3.05, 3.63) is 42.3 Å². The van der Waals surface area contributed by atoms with Gasteiger partial charge in [-0.3, -0.25) is 0 Å². The van der Waals surface area contributed by atoms with E-state index in [1.165, 1.54) is 25.0 Å². The Labute approximate surface area is 154 Å². The molecule has 0 bridgehead atoms. The Morgan fingerprint density at radius 1 is 0.923 bits per heavy atom. The third kappa shape index (κ3) is 3.74. The van der Waals surface area contributed by atoms with Crippen LogP contribution in [0.1, 0.15) is 19.8 Å². The summed E-state index contributed by atoms with van der Waals surface area (Å²) in [6, 6.07) is 8.76. The lowest BCUT2D eigenvalue weighted by atomic mass is 10.0. The summed E-state index contributed by atoms with van der Waals surface area (Å²) in [6.07, 6.45) is 4.42. The van der Waals surface area contributed by atoms with Crippen LogP contribution in [0.5, 0.6) is 0 Å². The standard InChI is InChI=1S/C20H26FN5/c1-16-3-2-10-26(15-16)19-8-9-22-20(23-19)25-13-11-24(12-14-25)18-6-4-17(21)5-7-18/h4-9,16H,2-3,10-15H2,1H3. The second kappa shape index (κ2) is 7.48. The quantitative estimate of drug-likeness (QED) is 0.845. The fourth-order valence-electron chi connectivity index (χ4n) is 3.88. The molecule has 0 spiro atoms. The number of rotatable bonds is 3. The number of halogens is 1. The molecule has 138 valence electrons. The molecule has 1 atom stereocenters. The normalized spacial score (nSPS) is 21.2. The van der Waals surface area contributed by atoms with E-state index in [2.05, 4.69) is 26.6 Å². The van der Waals surface area contributed by atoms with E-state index in [-0.39, 0.29) is 5.82 Å². The maximum absolute atomic E-state index is 13.1. The van der Waals surface area contributed by atoms with Crippen molar-refractivity contribution in [1.29, 1.82) is 0 Å². The van der Waals surface area contributed by atoms with Crippen LogP contribution >= 0.6 is 0 Å². The van der Waals surface area contributed by atoms with Crippen LogP contribution in [0.25, 0.3) is 0 Å². The van der Waals surface area contributed by atoms with E-state index >= 15 is 0 Å². The number of aromatic nitrogens is 2. The number of piperidine rings is 1. The average Bonchev–Trinajstić information content (AvgIpc) is 2.69. The second-order valence-electron chi connectivity index (χ2n) is 7.36. The summed E-state index contributed by atoms with van der Waals surface area (Å²) < 4.78 is 13.1. The van der Waals surface area contributed by atoms with Gasteiger partial charge in [0.05, 0.1) is 0 Å². The summed E-state index contributed by atoms with van der Waals surface area (Å²) in [4.78, 5) is 16.3. The Morgan fingerprint density at radius 2 is 1.65 bits per heavy atom. The SMILES string of the molecule is CC1CCCN(c2ccnc(N3CCN(c4ccc(F)cc4)CC3)n2)C1. The highest BCUT2D eigenvalue weighted by Gasteiger charge is 2.22. The van der Waals surface area contributed by atoms with E-state index in [9.17, 15) is 4.39 Å². The Balaban J connectivity index is 1.41. The molecule has 0 amide bonds. The largest absolute Gasteiger partial charge is 0.368 e.